The zero-order chi connectivity index (χ0) is 7.49. The highest BCUT2D eigenvalue weighted by Crippen LogP contribution is 1.81. The second-order valence-electron chi connectivity index (χ2n) is 1.81. The van der Waals surface area contributed by atoms with Crippen molar-refractivity contribution in [2.75, 3.05) is 18.6 Å². The van der Waals surface area contributed by atoms with Crippen molar-refractivity contribution in [3.05, 3.63) is 0 Å². The second-order valence-corrected chi connectivity index (χ2v) is 3.95. The Balaban J connectivity index is 3.91. The molecule has 0 fully saturated rings. The van der Waals surface area contributed by atoms with Crippen molar-refractivity contribution < 1.29 is 13.2 Å². The monoisotopic (exact) mass is 151 g/mol. The van der Waals surface area contributed by atoms with Gasteiger partial charge in [0.05, 0.1) is 6.54 Å². The molecule has 9 heavy (non-hydrogen) atoms. The topological polar surface area (TPSA) is 77.2 Å². The maximum atomic E-state index is 10.3. The summed E-state index contributed by atoms with van der Waals surface area (Å²) in [5.41, 5.74) is 4.87. The normalized spacial score (nSPS) is 11.3. The van der Waals surface area contributed by atoms with E-state index in [9.17, 15) is 13.2 Å². The minimum atomic E-state index is -3.17. The van der Waals surface area contributed by atoms with Gasteiger partial charge >= 0.3 is 0 Å². The van der Waals surface area contributed by atoms with E-state index in [1.54, 1.807) is 0 Å². The van der Waals surface area contributed by atoms with E-state index in [0.717, 1.165) is 6.26 Å². The molecule has 0 bridgehead atoms. The quantitative estimate of drug-likeness (QED) is 0.536. The third-order valence-electron chi connectivity index (χ3n) is 0.651. The summed E-state index contributed by atoms with van der Waals surface area (Å²) in [5.74, 6) is -0.888. The molecule has 0 saturated heterocycles. The summed E-state index contributed by atoms with van der Waals surface area (Å²) in [6.45, 7) is -0.201. The van der Waals surface area contributed by atoms with Crippen LogP contribution in [0.2, 0.25) is 0 Å². The van der Waals surface area contributed by atoms with Crippen LogP contribution in [0.3, 0.4) is 0 Å². The van der Waals surface area contributed by atoms with Crippen molar-refractivity contribution >= 4 is 15.6 Å². The van der Waals surface area contributed by atoms with Crippen molar-refractivity contribution in [2.24, 2.45) is 5.73 Å². The molecule has 0 aliphatic rings. The summed E-state index contributed by atoms with van der Waals surface area (Å²) in [4.78, 5) is 10.3. The summed E-state index contributed by atoms with van der Waals surface area (Å²) >= 11 is 0. The van der Waals surface area contributed by atoms with Gasteiger partial charge in [-0.3, -0.25) is 4.79 Å². The molecule has 0 spiro atoms. The van der Waals surface area contributed by atoms with Gasteiger partial charge in [-0.2, -0.15) is 0 Å². The third-order valence-corrected chi connectivity index (χ3v) is 1.50. The van der Waals surface area contributed by atoms with Crippen LogP contribution in [0.15, 0.2) is 0 Å². The first-order chi connectivity index (χ1) is 3.95. The summed E-state index contributed by atoms with van der Waals surface area (Å²) in [6.07, 6.45) is 1.00. The van der Waals surface area contributed by atoms with E-state index < -0.39 is 21.4 Å². The molecule has 0 aliphatic heterocycles. The minimum Gasteiger partial charge on any atom is -0.324 e. The van der Waals surface area contributed by atoms with E-state index in [1.807, 2.05) is 0 Å². The largest absolute Gasteiger partial charge is 0.324 e. The van der Waals surface area contributed by atoms with Gasteiger partial charge in [0.2, 0.25) is 0 Å². The van der Waals surface area contributed by atoms with Crippen molar-refractivity contribution in [1.29, 1.82) is 0 Å². The van der Waals surface area contributed by atoms with Crippen LogP contribution in [0, 0.1) is 0 Å². The fraction of sp³-hybridized carbons (Fsp3) is 0.750. The fourth-order valence-corrected chi connectivity index (χ4v) is 1.05. The molecule has 0 atom stereocenters. The Bertz CT molecular complexity index is 194. The van der Waals surface area contributed by atoms with Gasteiger partial charge in [0.1, 0.15) is 5.75 Å². The summed E-state index contributed by atoms with van der Waals surface area (Å²) < 4.78 is 20.6. The number of sulfone groups is 1. The molecule has 0 amide bonds. The van der Waals surface area contributed by atoms with Crippen LogP contribution in [-0.4, -0.2) is 32.8 Å². The number of Topliss-reactive ketones (excluding diaryl/α,β-unsaturated/α-hetero) is 1. The molecular formula is C4H9NO3S. The maximum absolute atomic E-state index is 10.3. The van der Waals surface area contributed by atoms with Crippen LogP contribution in [0.4, 0.5) is 0 Å². The first kappa shape index (κ1) is 8.58. The molecule has 54 valence electrons. The second kappa shape index (κ2) is 2.93. The smallest absolute Gasteiger partial charge is 0.161 e. The standard InChI is InChI=1S/C4H9NO3S/c1-9(7,8)3-4(6)2-5/h2-3,5H2,1H3. The van der Waals surface area contributed by atoms with Gasteiger partial charge in [-0.15, -0.1) is 0 Å². The molecule has 0 aromatic rings. The average molecular weight is 151 g/mol. The Morgan fingerprint density at radius 2 is 2.00 bits per heavy atom. The third kappa shape index (κ3) is 5.45. The lowest BCUT2D eigenvalue weighted by molar-refractivity contribution is -0.115. The van der Waals surface area contributed by atoms with E-state index >= 15 is 0 Å². The number of hydrogen-bond donors (Lipinski definition) is 1. The first-order valence-corrected chi connectivity index (χ1v) is 4.41. The zero-order valence-corrected chi connectivity index (χ0v) is 5.94. The molecule has 0 aromatic heterocycles. The number of rotatable bonds is 3. The van der Waals surface area contributed by atoms with Gasteiger partial charge in [0, 0.05) is 6.26 Å². The van der Waals surface area contributed by atoms with Crippen LogP contribution >= 0.6 is 0 Å². The maximum Gasteiger partial charge on any atom is 0.161 e. The number of nitrogens with two attached hydrogens (primary N) is 1. The lowest BCUT2D eigenvalue weighted by Crippen LogP contribution is -2.22. The van der Waals surface area contributed by atoms with Crippen molar-refractivity contribution in [3.8, 4) is 0 Å². The van der Waals surface area contributed by atoms with Crippen LogP contribution in [0.25, 0.3) is 0 Å². The highest BCUT2D eigenvalue weighted by atomic mass is 32.2. The van der Waals surface area contributed by atoms with E-state index in [1.165, 1.54) is 0 Å². The molecule has 0 unspecified atom stereocenters. The SMILES string of the molecule is CS(=O)(=O)CC(=O)CN. The Morgan fingerprint density at radius 3 is 2.11 bits per heavy atom. The van der Waals surface area contributed by atoms with Crippen LogP contribution < -0.4 is 5.73 Å². The molecule has 4 nitrogen and oxygen atoms in total. The van der Waals surface area contributed by atoms with Crippen LogP contribution in [-0.2, 0) is 14.6 Å². The molecule has 5 heteroatoms. The predicted octanol–water partition coefficient (Wildman–Crippen LogP) is -1.44. The number of carbonyl (C=O) groups excluding carboxylic acids is 1. The number of hydrogen-bond acceptors (Lipinski definition) is 4. The molecular weight excluding hydrogens is 142 g/mol. The van der Waals surface area contributed by atoms with Crippen molar-refractivity contribution in [2.45, 2.75) is 0 Å². The zero-order valence-electron chi connectivity index (χ0n) is 5.12. The summed E-state index contributed by atoms with van der Waals surface area (Å²) in [6, 6.07) is 0. The molecule has 0 saturated carbocycles. The van der Waals surface area contributed by atoms with Gasteiger partial charge in [0.25, 0.3) is 0 Å². The average Bonchev–Trinajstić information content (AvgIpc) is 1.62. The molecule has 0 aliphatic carbocycles. The highest BCUT2D eigenvalue weighted by Gasteiger charge is 2.07. The fourth-order valence-electron chi connectivity index (χ4n) is 0.351. The van der Waals surface area contributed by atoms with Crippen molar-refractivity contribution in [1.82, 2.24) is 0 Å². The van der Waals surface area contributed by atoms with E-state index in [-0.39, 0.29) is 6.54 Å². The van der Waals surface area contributed by atoms with Gasteiger partial charge in [-0.05, 0) is 0 Å². The Hall–Kier alpha value is -0.420. The van der Waals surface area contributed by atoms with E-state index in [2.05, 4.69) is 0 Å². The van der Waals surface area contributed by atoms with Crippen LogP contribution in [0.5, 0.6) is 0 Å². The van der Waals surface area contributed by atoms with Gasteiger partial charge in [-0.25, -0.2) is 8.42 Å². The Labute approximate surface area is 54.0 Å². The Morgan fingerprint density at radius 1 is 1.56 bits per heavy atom. The Kier molecular flexibility index (Phi) is 2.80. The molecule has 2 N–H and O–H groups in total. The van der Waals surface area contributed by atoms with Gasteiger partial charge in [-0.1, -0.05) is 0 Å². The molecule has 0 heterocycles. The number of ketones is 1. The van der Waals surface area contributed by atoms with E-state index in [0.29, 0.717) is 0 Å². The van der Waals surface area contributed by atoms with Gasteiger partial charge < -0.3 is 5.73 Å². The lowest BCUT2D eigenvalue weighted by atomic mass is 10.5. The molecule has 0 aromatic carbocycles. The lowest BCUT2D eigenvalue weighted by Gasteiger charge is -1.91. The van der Waals surface area contributed by atoms with Crippen molar-refractivity contribution in [3.63, 3.8) is 0 Å². The predicted molar refractivity (Wildman–Crippen MR) is 33.8 cm³/mol. The molecule has 0 rings (SSSR count). The van der Waals surface area contributed by atoms with Crippen LogP contribution in [0.1, 0.15) is 0 Å². The first-order valence-electron chi connectivity index (χ1n) is 2.35. The number of carbonyl (C=O) groups is 1. The molecule has 0 radical (unpaired) electrons. The highest BCUT2D eigenvalue weighted by molar-refractivity contribution is 7.91. The summed E-state index contributed by atoms with van der Waals surface area (Å²) in [5, 5.41) is 0. The summed E-state index contributed by atoms with van der Waals surface area (Å²) in [7, 11) is -3.17. The van der Waals surface area contributed by atoms with Gasteiger partial charge in [0.15, 0.2) is 15.6 Å². The minimum absolute atomic E-state index is 0.201. The van der Waals surface area contributed by atoms with E-state index in [4.69, 9.17) is 5.73 Å².